The number of nitrogens with one attached hydrogen (secondary N) is 1. The number of hydrogen-bond donors (Lipinski definition) is 1. The van der Waals surface area contributed by atoms with Crippen molar-refractivity contribution in [3.63, 3.8) is 0 Å². The molecular weight excluding hydrogens is 412 g/mol. The summed E-state index contributed by atoms with van der Waals surface area (Å²) in [6.45, 7) is 1.08. The lowest BCUT2D eigenvalue weighted by molar-refractivity contribution is 0.182. The van der Waals surface area contributed by atoms with Crippen molar-refractivity contribution in [2.24, 2.45) is 0 Å². The highest BCUT2D eigenvalue weighted by molar-refractivity contribution is 5.87. The molecule has 5 heteroatoms. The number of pyridine rings is 1. The van der Waals surface area contributed by atoms with Gasteiger partial charge in [-0.25, -0.2) is 4.98 Å². The first-order valence-corrected chi connectivity index (χ1v) is 10.8. The molecule has 4 rings (SSSR count). The van der Waals surface area contributed by atoms with E-state index in [9.17, 15) is 0 Å². The van der Waals surface area contributed by atoms with Crippen LogP contribution < -0.4 is 14.8 Å². The van der Waals surface area contributed by atoms with Crippen molar-refractivity contribution in [3.05, 3.63) is 96.2 Å². The standard InChI is InChI=1S/C28H28N2O3/c1-31-19-26-28(22-11-15-24(33-3)16-12-22)25(21-9-13-23(32-2)14-10-21)17-27(30-26)29-18-20-7-5-4-6-8-20/h4-17H,18-19H2,1-3H3,(H,29,30). The van der Waals surface area contributed by atoms with E-state index in [0.29, 0.717) is 13.2 Å². The first-order chi connectivity index (χ1) is 16.2. The Balaban J connectivity index is 1.82. The Hall–Kier alpha value is -3.83. The van der Waals surface area contributed by atoms with Crippen LogP contribution >= 0.6 is 0 Å². The fourth-order valence-electron chi connectivity index (χ4n) is 3.80. The van der Waals surface area contributed by atoms with Gasteiger partial charge in [0.25, 0.3) is 0 Å². The third-order valence-electron chi connectivity index (χ3n) is 5.47. The molecule has 0 aliphatic rings. The van der Waals surface area contributed by atoms with Crippen LogP contribution in [0.25, 0.3) is 22.3 Å². The van der Waals surface area contributed by atoms with Gasteiger partial charge in [0.1, 0.15) is 17.3 Å². The number of rotatable bonds is 9. The van der Waals surface area contributed by atoms with Crippen LogP contribution in [-0.4, -0.2) is 26.3 Å². The molecule has 5 nitrogen and oxygen atoms in total. The molecule has 1 N–H and O–H groups in total. The monoisotopic (exact) mass is 440 g/mol. The molecule has 3 aromatic carbocycles. The predicted molar refractivity (Wildman–Crippen MR) is 133 cm³/mol. The van der Waals surface area contributed by atoms with E-state index in [2.05, 4.69) is 47.8 Å². The zero-order valence-corrected chi connectivity index (χ0v) is 19.2. The lowest BCUT2D eigenvalue weighted by atomic mass is 9.93. The fourth-order valence-corrected chi connectivity index (χ4v) is 3.80. The number of methoxy groups -OCH3 is 3. The topological polar surface area (TPSA) is 52.6 Å². The Morgan fingerprint density at radius 3 is 1.91 bits per heavy atom. The third kappa shape index (κ3) is 5.33. The Labute approximate surface area is 195 Å². The zero-order chi connectivity index (χ0) is 23.0. The van der Waals surface area contributed by atoms with E-state index in [-0.39, 0.29) is 0 Å². The zero-order valence-electron chi connectivity index (χ0n) is 19.2. The number of nitrogens with zero attached hydrogens (tertiary/aromatic N) is 1. The molecule has 0 bridgehead atoms. The maximum absolute atomic E-state index is 5.55. The molecule has 0 fully saturated rings. The minimum atomic E-state index is 0.394. The highest BCUT2D eigenvalue weighted by Crippen LogP contribution is 2.37. The Morgan fingerprint density at radius 1 is 0.727 bits per heavy atom. The fraction of sp³-hybridized carbons (Fsp3) is 0.179. The van der Waals surface area contributed by atoms with Crippen LogP contribution in [0.2, 0.25) is 0 Å². The molecular formula is C28H28N2O3. The van der Waals surface area contributed by atoms with Crippen molar-refractivity contribution in [1.29, 1.82) is 0 Å². The van der Waals surface area contributed by atoms with Gasteiger partial charge in [-0.15, -0.1) is 0 Å². The Morgan fingerprint density at radius 2 is 1.33 bits per heavy atom. The highest BCUT2D eigenvalue weighted by Gasteiger charge is 2.17. The van der Waals surface area contributed by atoms with Gasteiger partial charge in [-0.1, -0.05) is 54.6 Å². The summed E-state index contributed by atoms with van der Waals surface area (Å²) in [5, 5.41) is 3.48. The van der Waals surface area contributed by atoms with Crippen LogP contribution in [0.3, 0.4) is 0 Å². The molecule has 1 aromatic heterocycles. The van der Waals surface area contributed by atoms with E-state index >= 15 is 0 Å². The molecule has 0 saturated carbocycles. The smallest absolute Gasteiger partial charge is 0.127 e. The van der Waals surface area contributed by atoms with Gasteiger partial charge in [-0.3, -0.25) is 0 Å². The normalized spacial score (nSPS) is 10.6. The average molecular weight is 441 g/mol. The second kappa shape index (κ2) is 10.7. The molecule has 0 unspecified atom stereocenters. The van der Waals surface area contributed by atoms with Gasteiger partial charge in [0, 0.05) is 19.2 Å². The van der Waals surface area contributed by atoms with E-state index in [1.165, 1.54) is 5.56 Å². The molecule has 0 atom stereocenters. The van der Waals surface area contributed by atoms with Gasteiger partial charge in [0.15, 0.2) is 0 Å². The van der Waals surface area contributed by atoms with Crippen LogP contribution in [0.4, 0.5) is 5.82 Å². The molecule has 1 heterocycles. The summed E-state index contributed by atoms with van der Waals surface area (Å²) in [7, 11) is 5.03. The summed E-state index contributed by atoms with van der Waals surface area (Å²) in [4.78, 5) is 4.92. The van der Waals surface area contributed by atoms with Crippen molar-refractivity contribution in [3.8, 4) is 33.8 Å². The van der Waals surface area contributed by atoms with Gasteiger partial charge in [0.05, 0.1) is 26.5 Å². The molecule has 4 aromatic rings. The van der Waals surface area contributed by atoms with Crippen molar-refractivity contribution in [2.75, 3.05) is 26.6 Å². The van der Waals surface area contributed by atoms with Crippen molar-refractivity contribution < 1.29 is 14.2 Å². The quantitative estimate of drug-likeness (QED) is 0.336. The largest absolute Gasteiger partial charge is 0.497 e. The van der Waals surface area contributed by atoms with Gasteiger partial charge >= 0.3 is 0 Å². The van der Waals surface area contributed by atoms with Gasteiger partial charge < -0.3 is 19.5 Å². The molecule has 0 amide bonds. The maximum Gasteiger partial charge on any atom is 0.127 e. The van der Waals surface area contributed by atoms with Crippen molar-refractivity contribution in [2.45, 2.75) is 13.2 Å². The summed E-state index contributed by atoms with van der Waals surface area (Å²) in [6, 6.07) is 28.5. The van der Waals surface area contributed by atoms with Crippen molar-refractivity contribution in [1.82, 2.24) is 4.98 Å². The molecule has 0 spiro atoms. The summed E-state index contributed by atoms with van der Waals surface area (Å²) < 4.78 is 16.3. The first-order valence-electron chi connectivity index (χ1n) is 10.8. The third-order valence-corrected chi connectivity index (χ3v) is 5.47. The van der Waals surface area contributed by atoms with E-state index in [0.717, 1.165) is 45.3 Å². The second-order valence-corrected chi connectivity index (χ2v) is 7.61. The molecule has 168 valence electrons. The average Bonchev–Trinajstić information content (AvgIpc) is 2.88. The summed E-state index contributed by atoms with van der Waals surface area (Å²) in [5.41, 5.74) is 6.29. The maximum atomic E-state index is 5.55. The van der Waals surface area contributed by atoms with Gasteiger partial charge in [-0.2, -0.15) is 0 Å². The Kier molecular flexibility index (Phi) is 7.22. The van der Waals surface area contributed by atoms with Gasteiger partial charge in [0.2, 0.25) is 0 Å². The molecule has 0 saturated heterocycles. The number of ether oxygens (including phenoxy) is 3. The summed E-state index contributed by atoms with van der Waals surface area (Å²) in [6.07, 6.45) is 0. The van der Waals surface area contributed by atoms with Crippen LogP contribution in [-0.2, 0) is 17.9 Å². The van der Waals surface area contributed by atoms with Crippen LogP contribution in [0.15, 0.2) is 84.9 Å². The van der Waals surface area contributed by atoms with Crippen LogP contribution in [0, 0.1) is 0 Å². The SMILES string of the molecule is COCc1nc(NCc2ccccc2)cc(-c2ccc(OC)cc2)c1-c1ccc(OC)cc1. The molecule has 0 aliphatic heterocycles. The molecule has 0 radical (unpaired) electrons. The van der Waals surface area contributed by atoms with Crippen LogP contribution in [0.1, 0.15) is 11.3 Å². The minimum absolute atomic E-state index is 0.394. The summed E-state index contributed by atoms with van der Waals surface area (Å²) in [5.74, 6) is 2.43. The number of hydrogen-bond acceptors (Lipinski definition) is 5. The van der Waals surface area contributed by atoms with Gasteiger partial charge in [-0.05, 0) is 52.6 Å². The molecule has 33 heavy (non-hydrogen) atoms. The summed E-state index contributed by atoms with van der Waals surface area (Å²) >= 11 is 0. The van der Waals surface area contributed by atoms with Crippen molar-refractivity contribution >= 4 is 5.82 Å². The highest BCUT2D eigenvalue weighted by atomic mass is 16.5. The lowest BCUT2D eigenvalue weighted by Crippen LogP contribution is -2.06. The van der Waals surface area contributed by atoms with E-state index in [4.69, 9.17) is 19.2 Å². The second-order valence-electron chi connectivity index (χ2n) is 7.61. The first kappa shape index (κ1) is 22.4. The number of anilines is 1. The number of aromatic nitrogens is 1. The van der Waals surface area contributed by atoms with Crippen LogP contribution in [0.5, 0.6) is 11.5 Å². The predicted octanol–water partition coefficient (Wildman–Crippen LogP) is 6.19. The lowest BCUT2D eigenvalue weighted by Gasteiger charge is -2.18. The minimum Gasteiger partial charge on any atom is -0.497 e. The van der Waals surface area contributed by atoms with E-state index < -0.39 is 0 Å². The Bertz CT molecular complexity index is 1170. The molecule has 0 aliphatic carbocycles. The van der Waals surface area contributed by atoms with E-state index in [1.807, 2.05) is 42.5 Å². The number of benzene rings is 3. The van der Waals surface area contributed by atoms with E-state index in [1.54, 1.807) is 21.3 Å².